The van der Waals surface area contributed by atoms with Crippen LogP contribution in [0.2, 0.25) is 0 Å². The summed E-state index contributed by atoms with van der Waals surface area (Å²) >= 11 is 1.75. The number of amidine groups is 1. The van der Waals surface area contributed by atoms with Crippen molar-refractivity contribution in [3.05, 3.63) is 22.4 Å². The summed E-state index contributed by atoms with van der Waals surface area (Å²) in [5.74, 6) is 0.300. The summed E-state index contributed by atoms with van der Waals surface area (Å²) < 4.78 is 0. The Kier molecular flexibility index (Phi) is 5.82. The van der Waals surface area contributed by atoms with Crippen LogP contribution in [0.25, 0.3) is 0 Å². The molecule has 0 aromatic carbocycles. The van der Waals surface area contributed by atoms with Crippen LogP contribution in [0.1, 0.15) is 38.7 Å². The van der Waals surface area contributed by atoms with Crippen molar-refractivity contribution in [2.75, 3.05) is 13.6 Å². The van der Waals surface area contributed by atoms with E-state index in [-0.39, 0.29) is 5.41 Å². The first-order chi connectivity index (χ1) is 8.42. The summed E-state index contributed by atoms with van der Waals surface area (Å²) in [5, 5.41) is 11.8. The molecule has 0 unspecified atom stereocenters. The second-order valence-corrected chi connectivity index (χ2v) is 6.40. The molecule has 0 aliphatic rings. The van der Waals surface area contributed by atoms with Gasteiger partial charge in [0.15, 0.2) is 0 Å². The predicted molar refractivity (Wildman–Crippen MR) is 80.2 cm³/mol. The first kappa shape index (κ1) is 15.2. The van der Waals surface area contributed by atoms with Crippen molar-refractivity contribution in [2.24, 2.45) is 11.1 Å². The minimum Gasteiger partial charge on any atom is -0.387 e. The molecule has 0 spiro atoms. The van der Waals surface area contributed by atoms with Gasteiger partial charge in [0.25, 0.3) is 0 Å². The number of hydrogen-bond acceptors (Lipinski definition) is 3. The van der Waals surface area contributed by atoms with Crippen LogP contribution in [0.4, 0.5) is 0 Å². The van der Waals surface area contributed by atoms with Gasteiger partial charge in [-0.15, -0.1) is 0 Å². The Balaban J connectivity index is 2.16. The normalized spacial score (nSPS) is 12.0. The number of nitrogens with two attached hydrogens (primary N) is 1. The van der Waals surface area contributed by atoms with Crippen molar-refractivity contribution in [3.8, 4) is 0 Å². The van der Waals surface area contributed by atoms with Crippen LogP contribution in [0.5, 0.6) is 0 Å². The van der Waals surface area contributed by atoms with Gasteiger partial charge in [-0.05, 0) is 48.8 Å². The standard InChI is InChI=1S/C14H25N3S/c1-14(2,13(15)16)7-4-5-8-17(3)10-12-6-9-18-11-12/h6,9,11H,4-5,7-8,10H2,1-3H3,(H3,15,16). The summed E-state index contributed by atoms with van der Waals surface area (Å²) in [7, 11) is 2.16. The first-order valence-electron chi connectivity index (χ1n) is 6.46. The van der Waals surface area contributed by atoms with Crippen molar-refractivity contribution in [1.82, 2.24) is 4.90 Å². The molecule has 0 bridgehead atoms. The molecule has 0 amide bonds. The molecule has 3 nitrogen and oxygen atoms in total. The number of rotatable bonds is 8. The zero-order valence-electron chi connectivity index (χ0n) is 11.7. The van der Waals surface area contributed by atoms with Gasteiger partial charge in [0.1, 0.15) is 0 Å². The lowest BCUT2D eigenvalue weighted by Crippen LogP contribution is -2.31. The Morgan fingerprint density at radius 2 is 2.17 bits per heavy atom. The first-order valence-corrected chi connectivity index (χ1v) is 7.40. The summed E-state index contributed by atoms with van der Waals surface area (Å²) in [6.45, 7) is 6.22. The van der Waals surface area contributed by atoms with Crippen LogP contribution >= 0.6 is 11.3 Å². The van der Waals surface area contributed by atoms with E-state index < -0.39 is 0 Å². The lowest BCUT2D eigenvalue weighted by Gasteiger charge is -2.23. The Labute approximate surface area is 115 Å². The molecule has 1 rings (SSSR count). The molecule has 0 fully saturated rings. The molecule has 0 radical (unpaired) electrons. The van der Waals surface area contributed by atoms with Crippen LogP contribution in [-0.2, 0) is 6.54 Å². The molecule has 1 heterocycles. The van der Waals surface area contributed by atoms with Crippen molar-refractivity contribution in [3.63, 3.8) is 0 Å². The van der Waals surface area contributed by atoms with Gasteiger partial charge >= 0.3 is 0 Å². The summed E-state index contributed by atoms with van der Waals surface area (Å²) in [6, 6.07) is 2.18. The largest absolute Gasteiger partial charge is 0.387 e. The van der Waals surface area contributed by atoms with Crippen LogP contribution in [0.3, 0.4) is 0 Å². The summed E-state index contributed by atoms with van der Waals surface area (Å²) in [4.78, 5) is 2.35. The van der Waals surface area contributed by atoms with E-state index in [1.807, 2.05) is 13.8 Å². The molecule has 0 saturated carbocycles. The van der Waals surface area contributed by atoms with E-state index in [9.17, 15) is 0 Å². The number of hydrogen-bond donors (Lipinski definition) is 2. The van der Waals surface area contributed by atoms with Gasteiger partial charge in [-0.1, -0.05) is 20.3 Å². The fourth-order valence-corrected chi connectivity index (χ4v) is 2.52. The van der Waals surface area contributed by atoms with Crippen LogP contribution < -0.4 is 5.73 Å². The average Bonchev–Trinajstić information content (AvgIpc) is 2.77. The number of thiophene rings is 1. The number of nitrogens with zero attached hydrogens (tertiary/aromatic N) is 1. The molecule has 1 aromatic rings. The molecule has 0 aliphatic heterocycles. The number of unbranched alkanes of at least 4 members (excludes halogenated alkanes) is 1. The Morgan fingerprint density at radius 1 is 1.44 bits per heavy atom. The maximum Gasteiger partial charge on any atom is 0.0963 e. The third-order valence-corrected chi connectivity index (χ3v) is 4.09. The smallest absolute Gasteiger partial charge is 0.0963 e. The van der Waals surface area contributed by atoms with Crippen LogP contribution in [0, 0.1) is 10.8 Å². The molecular weight excluding hydrogens is 242 g/mol. The molecular formula is C14H25N3S. The predicted octanol–water partition coefficient (Wildman–Crippen LogP) is 3.31. The monoisotopic (exact) mass is 267 g/mol. The highest BCUT2D eigenvalue weighted by Gasteiger charge is 2.20. The SMILES string of the molecule is CN(CCCCC(C)(C)C(=N)N)Cc1ccsc1. The van der Waals surface area contributed by atoms with E-state index >= 15 is 0 Å². The van der Waals surface area contributed by atoms with Gasteiger partial charge in [0.2, 0.25) is 0 Å². The topological polar surface area (TPSA) is 53.1 Å². The quantitative estimate of drug-likeness (QED) is 0.431. The second-order valence-electron chi connectivity index (χ2n) is 5.62. The average molecular weight is 267 g/mol. The van der Waals surface area contributed by atoms with Gasteiger partial charge in [-0.25, -0.2) is 0 Å². The van der Waals surface area contributed by atoms with Gasteiger partial charge in [0, 0.05) is 12.0 Å². The maximum absolute atomic E-state index is 7.52. The van der Waals surface area contributed by atoms with Crippen molar-refractivity contribution >= 4 is 17.2 Å². The highest BCUT2D eigenvalue weighted by molar-refractivity contribution is 7.07. The molecule has 0 atom stereocenters. The zero-order valence-corrected chi connectivity index (χ0v) is 12.5. The highest BCUT2D eigenvalue weighted by Crippen LogP contribution is 2.22. The molecule has 1 aromatic heterocycles. The molecule has 0 aliphatic carbocycles. The van der Waals surface area contributed by atoms with Crippen LogP contribution in [-0.4, -0.2) is 24.3 Å². The second kappa shape index (κ2) is 6.90. The van der Waals surface area contributed by atoms with Crippen molar-refractivity contribution < 1.29 is 0 Å². The summed E-state index contributed by atoms with van der Waals surface area (Å²) in [6.07, 6.45) is 3.28. The molecule has 3 N–H and O–H groups in total. The number of nitrogens with one attached hydrogen (secondary N) is 1. The maximum atomic E-state index is 7.52. The van der Waals surface area contributed by atoms with Gasteiger partial charge in [-0.2, -0.15) is 11.3 Å². The van der Waals surface area contributed by atoms with Gasteiger partial charge in [-0.3, -0.25) is 5.41 Å². The fourth-order valence-electron chi connectivity index (χ4n) is 1.86. The highest BCUT2D eigenvalue weighted by atomic mass is 32.1. The van der Waals surface area contributed by atoms with E-state index in [1.54, 1.807) is 11.3 Å². The van der Waals surface area contributed by atoms with Crippen LogP contribution in [0.15, 0.2) is 16.8 Å². The van der Waals surface area contributed by atoms with E-state index in [0.717, 1.165) is 32.4 Å². The molecule has 4 heteroatoms. The third-order valence-electron chi connectivity index (χ3n) is 3.35. The summed E-state index contributed by atoms with van der Waals surface area (Å²) in [5.41, 5.74) is 6.82. The van der Waals surface area contributed by atoms with Crippen molar-refractivity contribution in [2.45, 2.75) is 39.7 Å². The lowest BCUT2D eigenvalue weighted by molar-refractivity contribution is 0.309. The van der Waals surface area contributed by atoms with Gasteiger partial charge < -0.3 is 10.6 Å². The lowest BCUT2D eigenvalue weighted by atomic mass is 9.86. The third kappa shape index (κ3) is 5.19. The Bertz CT molecular complexity index is 357. The molecule has 102 valence electrons. The Morgan fingerprint density at radius 3 is 2.72 bits per heavy atom. The van der Waals surface area contributed by atoms with E-state index in [4.69, 9.17) is 11.1 Å². The molecule has 18 heavy (non-hydrogen) atoms. The Hall–Kier alpha value is -0.870. The van der Waals surface area contributed by atoms with Crippen molar-refractivity contribution in [1.29, 1.82) is 5.41 Å². The van der Waals surface area contributed by atoms with E-state index in [0.29, 0.717) is 5.84 Å². The van der Waals surface area contributed by atoms with Gasteiger partial charge in [0.05, 0.1) is 5.84 Å². The minimum atomic E-state index is -0.147. The van der Waals surface area contributed by atoms with E-state index in [2.05, 4.69) is 28.8 Å². The minimum absolute atomic E-state index is 0.147. The van der Waals surface area contributed by atoms with E-state index in [1.165, 1.54) is 5.56 Å². The zero-order chi connectivity index (χ0) is 13.6. The molecule has 0 saturated heterocycles. The fraction of sp³-hybridized carbons (Fsp3) is 0.643.